The minimum absolute atomic E-state index is 0.0128. The van der Waals surface area contributed by atoms with Gasteiger partial charge in [0.25, 0.3) is 0 Å². The smallest absolute Gasteiger partial charge is 0.237 e. The van der Waals surface area contributed by atoms with Gasteiger partial charge in [0.1, 0.15) is 0 Å². The summed E-state index contributed by atoms with van der Waals surface area (Å²) in [7, 11) is -3.41. The fourth-order valence-electron chi connectivity index (χ4n) is 1.63. The van der Waals surface area contributed by atoms with Crippen LogP contribution in [0.5, 0.6) is 0 Å². The molecule has 1 aliphatic rings. The molecule has 0 bridgehead atoms. The summed E-state index contributed by atoms with van der Waals surface area (Å²) in [4.78, 5) is 11.6. The summed E-state index contributed by atoms with van der Waals surface area (Å²) in [6.45, 7) is 3.25. The van der Waals surface area contributed by atoms with E-state index in [-0.39, 0.29) is 17.6 Å². The topological polar surface area (TPSA) is 75.3 Å². The van der Waals surface area contributed by atoms with E-state index in [1.54, 1.807) is 6.92 Å². The van der Waals surface area contributed by atoms with Gasteiger partial charge < -0.3 is 5.32 Å². The molecule has 1 aliphatic heterocycles. The lowest BCUT2D eigenvalue weighted by atomic mass is 9.99. The summed E-state index contributed by atoms with van der Waals surface area (Å²) in [5.41, 5.74) is 0. The predicted octanol–water partition coefficient (Wildman–Crippen LogP) is -0.158. The molecule has 1 atom stereocenters. The fraction of sp³-hybridized carbons (Fsp3) is 0.889. The molecule has 1 heterocycles. The summed E-state index contributed by atoms with van der Waals surface area (Å²) >= 11 is 0. The highest BCUT2D eigenvalue weighted by molar-refractivity contribution is 7.90. The molecular weight excluding hydrogens is 216 g/mol. The molecule has 5 nitrogen and oxygen atoms in total. The van der Waals surface area contributed by atoms with E-state index in [9.17, 15) is 13.2 Å². The Labute approximate surface area is 90.7 Å². The third-order valence-corrected chi connectivity index (χ3v) is 3.85. The molecule has 0 aromatic heterocycles. The molecule has 0 spiro atoms. The first kappa shape index (κ1) is 12.4. The maximum atomic E-state index is 11.6. The minimum atomic E-state index is -3.41. The van der Waals surface area contributed by atoms with Crippen LogP contribution in [0, 0.1) is 5.92 Å². The Morgan fingerprint density at radius 3 is 2.80 bits per heavy atom. The Morgan fingerprint density at radius 2 is 2.27 bits per heavy atom. The normalized spacial score (nSPS) is 22.3. The van der Waals surface area contributed by atoms with Crippen LogP contribution in [0.2, 0.25) is 0 Å². The quantitative estimate of drug-likeness (QED) is 0.709. The van der Waals surface area contributed by atoms with E-state index in [1.165, 1.54) is 0 Å². The van der Waals surface area contributed by atoms with Gasteiger partial charge in [0, 0.05) is 6.54 Å². The van der Waals surface area contributed by atoms with Crippen molar-refractivity contribution >= 4 is 15.9 Å². The molecule has 0 saturated carbocycles. The molecule has 1 rings (SSSR count). The number of hydrogen-bond donors (Lipinski definition) is 2. The third kappa shape index (κ3) is 4.17. The van der Waals surface area contributed by atoms with Crippen LogP contribution in [0.1, 0.15) is 26.2 Å². The molecule has 1 saturated heterocycles. The Bertz CT molecular complexity index is 307. The van der Waals surface area contributed by atoms with E-state index in [4.69, 9.17) is 0 Å². The number of carbonyl (C=O) groups is 1. The van der Waals surface area contributed by atoms with E-state index in [2.05, 4.69) is 10.0 Å². The largest absolute Gasteiger partial charge is 0.316 e. The molecular formula is C9H18N2O3S. The van der Waals surface area contributed by atoms with Crippen LogP contribution in [0.3, 0.4) is 0 Å². The van der Waals surface area contributed by atoms with Crippen LogP contribution in [0.4, 0.5) is 0 Å². The van der Waals surface area contributed by atoms with Crippen molar-refractivity contribution in [2.75, 3.05) is 18.8 Å². The van der Waals surface area contributed by atoms with Crippen molar-refractivity contribution in [3.05, 3.63) is 0 Å². The fourth-order valence-corrected chi connectivity index (χ4v) is 2.74. The van der Waals surface area contributed by atoms with Gasteiger partial charge in [0.05, 0.1) is 11.7 Å². The first-order valence-corrected chi connectivity index (χ1v) is 6.95. The van der Waals surface area contributed by atoms with Crippen molar-refractivity contribution < 1.29 is 13.2 Å². The lowest BCUT2D eigenvalue weighted by Gasteiger charge is -2.21. The highest BCUT2D eigenvalue weighted by Crippen LogP contribution is 2.10. The van der Waals surface area contributed by atoms with E-state index in [1.807, 2.05) is 0 Å². The Balaban J connectivity index is 2.47. The van der Waals surface area contributed by atoms with Crippen molar-refractivity contribution in [2.24, 2.45) is 5.92 Å². The zero-order chi connectivity index (χ0) is 11.3. The molecule has 6 heteroatoms. The molecule has 1 unspecified atom stereocenters. The van der Waals surface area contributed by atoms with E-state index in [0.29, 0.717) is 13.0 Å². The summed E-state index contributed by atoms with van der Waals surface area (Å²) in [6, 6.07) is 0. The molecule has 1 fully saturated rings. The van der Waals surface area contributed by atoms with E-state index < -0.39 is 10.0 Å². The maximum Gasteiger partial charge on any atom is 0.237 e. The van der Waals surface area contributed by atoms with Crippen molar-refractivity contribution in [1.29, 1.82) is 0 Å². The zero-order valence-corrected chi connectivity index (χ0v) is 9.77. The highest BCUT2D eigenvalue weighted by Gasteiger charge is 2.24. The van der Waals surface area contributed by atoms with Crippen LogP contribution >= 0.6 is 0 Å². The van der Waals surface area contributed by atoms with Gasteiger partial charge in [0.15, 0.2) is 0 Å². The minimum Gasteiger partial charge on any atom is -0.316 e. The Morgan fingerprint density at radius 1 is 1.53 bits per heavy atom. The van der Waals surface area contributed by atoms with Crippen LogP contribution in [0.25, 0.3) is 0 Å². The number of nitrogens with one attached hydrogen (secondary N) is 2. The number of piperidine rings is 1. The molecule has 0 aromatic rings. The Kier molecular flexibility index (Phi) is 4.53. The molecule has 15 heavy (non-hydrogen) atoms. The molecule has 2 N–H and O–H groups in total. The van der Waals surface area contributed by atoms with Crippen molar-refractivity contribution in [3.63, 3.8) is 0 Å². The molecule has 0 aromatic carbocycles. The monoisotopic (exact) mass is 234 g/mol. The zero-order valence-electron chi connectivity index (χ0n) is 8.95. The van der Waals surface area contributed by atoms with Crippen LogP contribution in [-0.4, -0.2) is 33.2 Å². The molecule has 0 radical (unpaired) electrons. The van der Waals surface area contributed by atoms with Crippen molar-refractivity contribution in [2.45, 2.75) is 26.2 Å². The average molecular weight is 234 g/mol. The maximum absolute atomic E-state index is 11.6. The van der Waals surface area contributed by atoms with Crippen molar-refractivity contribution in [1.82, 2.24) is 10.0 Å². The second-order valence-corrected chi connectivity index (χ2v) is 5.67. The van der Waals surface area contributed by atoms with Gasteiger partial charge in [-0.15, -0.1) is 0 Å². The van der Waals surface area contributed by atoms with Gasteiger partial charge in [-0.05, 0) is 25.8 Å². The summed E-state index contributed by atoms with van der Waals surface area (Å²) in [5.74, 6) is -0.556. The molecule has 0 aliphatic carbocycles. The number of rotatable bonds is 4. The first-order valence-electron chi connectivity index (χ1n) is 5.30. The number of hydrogen-bond acceptors (Lipinski definition) is 4. The SMILES string of the molecule is CCCS(=O)(=O)NC(=O)C1CCCNC1. The van der Waals surface area contributed by atoms with Gasteiger partial charge in [-0.1, -0.05) is 6.92 Å². The van der Waals surface area contributed by atoms with Crippen LogP contribution in [-0.2, 0) is 14.8 Å². The van der Waals surface area contributed by atoms with Gasteiger partial charge in [-0.3, -0.25) is 9.52 Å². The van der Waals surface area contributed by atoms with E-state index in [0.717, 1.165) is 19.4 Å². The number of amides is 1. The number of sulfonamides is 1. The summed E-state index contributed by atoms with van der Waals surface area (Å²) in [6.07, 6.45) is 2.21. The van der Waals surface area contributed by atoms with Gasteiger partial charge in [0.2, 0.25) is 15.9 Å². The first-order chi connectivity index (χ1) is 7.05. The molecule has 88 valence electrons. The van der Waals surface area contributed by atoms with Gasteiger partial charge in [-0.2, -0.15) is 0 Å². The lowest BCUT2D eigenvalue weighted by Crippen LogP contribution is -2.43. The second kappa shape index (κ2) is 5.46. The van der Waals surface area contributed by atoms with Crippen LogP contribution in [0.15, 0.2) is 0 Å². The average Bonchev–Trinajstić information content (AvgIpc) is 2.18. The van der Waals surface area contributed by atoms with Gasteiger partial charge >= 0.3 is 0 Å². The molecule has 1 amide bonds. The summed E-state index contributed by atoms with van der Waals surface area (Å²) in [5, 5.41) is 3.08. The summed E-state index contributed by atoms with van der Waals surface area (Å²) < 4.78 is 24.8. The highest BCUT2D eigenvalue weighted by atomic mass is 32.2. The van der Waals surface area contributed by atoms with Gasteiger partial charge in [-0.25, -0.2) is 8.42 Å². The number of carbonyl (C=O) groups excluding carboxylic acids is 1. The van der Waals surface area contributed by atoms with Crippen molar-refractivity contribution in [3.8, 4) is 0 Å². The Hall–Kier alpha value is -0.620. The standard InChI is InChI=1S/C9H18N2O3S/c1-2-6-15(13,14)11-9(12)8-4-3-5-10-7-8/h8,10H,2-7H2,1H3,(H,11,12). The predicted molar refractivity (Wildman–Crippen MR) is 57.8 cm³/mol. The van der Waals surface area contributed by atoms with E-state index >= 15 is 0 Å². The third-order valence-electron chi connectivity index (χ3n) is 2.40. The lowest BCUT2D eigenvalue weighted by molar-refractivity contribution is -0.123. The second-order valence-electron chi connectivity index (χ2n) is 3.83. The van der Waals surface area contributed by atoms with Crippen LogP contribution < -0.4 is 10.0 Å².